The zero-order valence-corrected chi connectivity index (χ0v) is 9.01. The van der Waals surface area contributed by atoms with Crippen molar-refractivity contribution in [3.63, 3.8) is 0 Å². The standard InChI is InChI=1S/C12H8FN3O/c1-8-3-2-4-10(11(8)13)17-12-9(7-14)15-5-6-16-12/h2-6H,1H3. The van der Waals surface area contributed by atoms with E-state index in [0.717, 1.165) is 0 Å². The molecule has 0 bridgehead atoms. The average molecular weight is 229 g/mol. The van der Waals surface area contributed by atoms with Crippen LogP contribution in [0.4, 0.5) is 4.39 Å². The minimum absolute atomic E-state index is 0.000463. The molecule has 0 N–H and O–H groups in total. The molecule has 1 aromatic heterocycles. The van der Waals surface area contributed by atoms with Gasteiger partial charge in [0.2, 0.25) is 5.69 Å². The van der Waals surface area contributed by atoms with E-state index in [0.29, 0.717) is 5.56 Å². The van der Waals surface area contributed by atoms with Gasteiger partial charge in [-0.05, 0) is 18.6 Å². The lowest BCUT2D eigenvalue weighted by atomic mass is 10.2. The van der Waals surface area contributed by atoms with Gasteiger partial charge >= 0.3 is 0 Å². The first kappa shape index (κ1) is 11.0. The van der Waals surface area contributed by atoms with Gasteiger partial charge in [0, 0.05) is 12.4 Å². The lowest BCUT2D eigenvalue weighted by Crippen LogP contribution is -1.96. The predicted octanol–water partition coefficient (Wildman–Crippen LogP) is 2.59. The summed E-state index contributed by atoms with van der Waals surface area (Å²) in [5.74, 6) is -0.441. The third-order valence-corrected chi connectivity index (χ3v) is 2.13. The molecule has 0 amide bonds. The SMILES string of the molecule is Cc1cccc(Oc2nccnc2C#N)c1F. The number of benzene rings is 1. The smallest absolute Gasteiger partial charge is 0.256 e. The van der Waals surface area contributed by atoms with Crippen molar-refractivity contribution in [1.29, 1.82) is 5.26 Å². The molecule has 0 saturated heterocycles. The molecule has 5 heteroatoms. The van der Waals surface area contributed by atoms with E-state index < -0.39 is 5.82 Å². The Morgan fingerprint density at radius 1 is 1.29 bits per heavy atom. The van der Waals surface area contributed by atoms with E-state index in [1.807, 2.05) is 6.07 Å². The number of aryl methyl sites for hydroxylation is 1. The van der Waals surface area contributed by atoms with Crippen molar-refractivity contribution in [3.8, 4) is 17.7 Å². The van der Waals surface area contributed by atoms with Gasteiger partial charge in [-0.1, -0.05) is 12.1 Å². The third-order valence-electron chi connectivity index (χ3n) is 2.13. The van der Waals surface area contributed by atoms with Gasteiger partial charge in [0.25, 0.3) is 5.88 Å². The number of aromatic nitrogens is 2. The maximum absolute atomic E-state index is 13.7. The van der Waals surface area contributed by atoms with Gasteiger partial charge < -0.3 is 4.74 Å². The molecule has 2 aromatic rings. The Morgan fingerprint density at radius 3 is 2.82 bits per heavy atom. The summed E-state index contributed by atoms with van der Waals surface area (Å²) >= 11 is 0. The molecular weight excluding hydrogens is 221 g/mol. The summed E-state index contributed by atoms with van der Waals surface area (Å²) in [7, 11) is 0. The molecule has 0 unspecified atom stereocenters. The van der Waals surface area contributed by atoms with E-state index in [1.54, 1.807) is 19.1 Å². The number of ether oxygens (including phenoxy) is 1. The van der Waals surface area contributed by atoms with Crippen molar-refractivity contribution in [2.45, 2.75) is 6.92 Å². The topological polar surface area (TPSA) is 58.8 Å². The highest BCUT2D eigenvalue weighted by molar-refractivity contribution is 5.37. The lowest BCUT2D eigenvalue weighted by molar-refractivity contribution is 0.422. The molecule has 0 aliphatic carbocycles. The van der Waals surface area contributed by atoms with Gasteiger partial charge in [-0.3, -0.25) is 0 Å². The summed E-state index contributed by atoms with van der Waals surface area (Å²) in [6, 6.07) is 6.59. The van der Waals surface area contributed by atoms with Crippen LogP contribution in [0.2, 0.25) is 0 Å². The zero-order valence-electron chi connectivity index (χ0n) is 9.01. The second kappa shape index (κ2) is 4.58. The van der Waals surface area contributed by atoms with Crippen LogP contribution in [0.15, 0.2) is 30.6 Å². The summed E-state index contributed by atoms with van der Waals surface area (Å²) in [5.41, 5.74) is 0.485. The average Bonchev–Trinajstić information content (AvgIpc) is 2.35. The van der Waals surface area contributed by atoms with Gasteiger partial charge in [0.15, 0.2) is 11.6 Å². The Bertz CT molecular complexity index is 593. The van der Waals surface area contributed by atoms with Crippen LogP contribution in [-0.4, -0.2) is 9.97 Å². The Morgan fingerprint density at radius 2 is 2.06 bits per heavy atom. The van der Waals surface area contributed by atoms with E-state index >= 15 is 0 Å². The quantitative estimate of drug-likeness (QED) is 0.794. The number of nitriles is 1. The highest BCUT2D eigenvalue weighted by Crippen LogP contribution is 2.25. The molecule has 0 radical (unpaired) electrons. The highest BCUT2D eigenvalue weighted by atomic mass is 19.1. The van der Waals surface area contributed by atoms with Crippen LogP contribution in [0.5, 0.6) is 11.6 Å². The molecular formula is C12H8FN3O. The van der Waals surface area contributed by atoms with Gasteiger partial charge in [-0.15, -0.1) is 0 Å². The summed E-state index contributed by atoms with van der Waals surface area (Å²) < 4.78 is 18.9. The first-order chi connectivity index (χ1) is 8.22. The molecule has 84 valence electrons. The van der Waals surface area contributed by atoms with E-state index in [1.165, 1.54) is 18.5 Å². The number of rotatable bonds is 2. The fourth-order valence-electron chi connectivity index (χ4n) is 1.28. The molecule has 0 fully saturated rings. The summed E-state index contributed by atoms with van der Waals surface area (Å²) in [5, 5.41) is 8.79. The van der Waals surface area contributed by atoms with Gasteiger partial charge in [0.1, 0.15) is 6.07 Å². The Hall–Kier alpha value is -2.48. The van der Waals surface area contributed by atoms with Gasteiger partial charge in [0.05, 0.1) is 0 Å². The maximum Gasteiger partial charge on any atom is 0.256 e. The van der Waals surface area contributed by atoms with Gasteiger partial charge in [-0.25, -0.2) is 14.4 Å². The van der Waals surface area contributed by atoms with Crippen LogP contribution in [0.3, 0.4) is 0 Å². The summed E-state index contributed by atoms with van der Waals surface area (Å²) in [6.45, 7) is 1.63. The number of hydrogen-bond acceptors (Lipinski definition) is 4. The van der Waals surface area contributed by atoms with Crippen molar-refractivity contribution in [3.05, 3.63) is 47.7 Å². The molecule has 1 aromatic carbocycles. The van der Waals surface area contributed by atoms with Crippen molar-refractivity contribution in [1.82, 2.24) is 9.97 Å². The molecule has 2 rings (SSSR count). The Labute approximate surface area is 97.3 Å². The maximum atomic E-state index is 13.7. The number of halogens is 1. The molecule has 17 heavy (non-hydrogen) atoms. The first-order valence-corrected chi connectivity index (χ1v) is 4.86. The fourth-order valence-corrected chi connectivity index (χ4v) is 1.28. The van der Waals surface area contributed by atoms with Crippen molar-refractivity contribution < 1.29 is 9.13 Å². The highest BCUT2D eigenvalue weighted by Gasteiger charge is 2.11. The Kier molecular flexibility index (Phi) is 2.97. The van der Waals surface area contributed by atoms with E-state index in [2.05, 4.69) is 9.97 Å². The molecule has 0 saturated carbocycles. The fraction of sp³-hybridized carbons (Fsp3) is 0.0833. The minimum atomic E-state index is -0.470. The molecule has 0 spiro atoms. The lowest BCUT2D eigenvalue weighted by Gasteiger charge is -2.07. The van der Waals surface area contributed by atoms with Crippen molar-refractivity contribution in [2.24, 2.45) is 0 Å². The molecule has 0 aliphatic heterocycles. The van der Waals surface area contributed by atoms with Crippen LogP contribution in [0, 0.1) is 24.1 Å². The number of nitrogens with zero attached hydrogens (tertiary/aromatic N) is 3. The summed E-state index contributed by atoms with van der Waals surface area (Å²) in [6.07, 6.45) is 2.75. The predicted molar refractivity (Wildman–Crippen MR) is 58.0 cm³/mol. The second-order valence-electron chi connectivity index (χ2n) is 3.31. The largest absolute Gasteiger partial charge is 0.433 e. The second-order valence-corrected chi connectivity index (χ2v) is 3.31. The van der Waals surface area contributed by atoms with E-state index in [4.69, 9.17) is 10.00 Å². The normalized spacial score (nSPS) is 9.71. The molecule has 4 nitrogen and oxygen atoms in total. The third kappa shape index (κ3) is 2.21. The van der Waals surface area contributed by atoms with Crippen LogP contribution in [0.1, 0.15) is 11.3 Å². The van der Waals surface area contributed by atoms with Crippen LogP contribution >= 0.6 is 0 Å². The molecule has 0 aliphatic rings. The van der Waals surface area contributed by atoms with E-state index in [-0.39, 0.29) is 17.3 Å². The van der Waals surface area contributed by atoms with Gasteiger partial charge in [-0.2, -0.15) is 5.26 Å². The molecule has 0 atom stereocenters. The van der Waals surface area contributed by atoms with Crippen molar-refractivity contribution >= 4 is 0 Å². The zero-order chi connectivity index (χ0) is 12.3. The minimum Gasteiger partial charge on any atom is -0.433 e. The number of hydrogen-bond donors (Lipinski definition) is 0. The first-order valence-electron chi connectivity index (χ1n) is 4.86. The monoisotopic (exact) mass is 229 g/mol. The Balaban J connectivity index is 2.39. The van der Waals surface area contributed by atoms with Crippen LogP contribution in [-0.2, 0) is 0 Å². The molecule has 1 heterocycles. The van der Waals surface area contributed by atoms with Crippen LogP contribution in [0.25, 0.3) is 0 Å². The van der Waals surface area contributed by atoms with Crippen molar-refractivity contribution in [2.75, 3.05) is 0 Å². The van der Waals surface area contributed by atoms with E-state index in [9.17, 15) is 4.39 Å². The van der Waals surface area contributed by atoms with Crippen LogP contribution < -0.4 is 4.74 Å². The summed E-state index contributed by atoms with van der Waals surface area (Å²) in [4.78, 5) is 7.62.